The van der Waals surface area contributed by atoms with Gasteiger partial charge in [0.25, 0.3) is 0 Å². The van der Waals surface area contributed by atoms with E-state index in [0.29, 0.717) is 13.0 Å². The average molecular weight is 505 g/mol. The third-order valence-electron chi connectivity index (χ3n) is 5.53. The predicted octanol–water partition coefficient (Wildman–Crippen LogP) is 1.24. The van der Waals surface area contributed by atoms with Crippen LogP contribution in [0.1, 0.15) is 22.7 Å². The second-order valence-electron chi connectivity index (χ2n) is 8.36. The second kappa shape index (κ2) is 11.2. The highest BCUT2D eigenvalue weighted by molar-refractivity contribution is 6.39. The first kappa shape index (κ1) is 25.9. The number of amides is 2. The molecule has 2 aromatic rings. The Morgan fingerprint density at radius 1 is 1.20 bits per heavy atom. The number of nitrogens with two attached hydrogens (primary N) is 2. The van der Waals surface area contributed by atoms with Crippen LogP contribution in [-0.4, -0.2) is 53.9 Å². The SMILES string of the molecule is CN(CC(=O)O)Cc1ccc2c(c1)CC(CN=C(N)N)[C@H]2NC(=O)C(=O)Nc1ccc(Cl)c(F)c1. The molecule has 0 bridgehead atoms. The van der Waals surface area contributed by atoms with Gasteiger partial charge in [-0.05, 0) is 48.4 Å². The first-order valence-electron chi connectivity index (χ1n) is 10.7. The van der Waals surface area contributed by atoms with Crippen LogP contribution in [0.3, 0.4) is 0 Å². The smallest absolute Gasteiger partial charge is 0.317 e. The largest absolute Gasteiger partial charge is 0.480 e. The Hall–Kier alpha value is -3.70. The fourth-order valence-corrected chi connectivity index (χ4v) is 4.16. The first-order valence-corrected chi connectivity index (χ1v) is 11.1. The number of aliphatic imine (C=N–C) groups is 1. The molecule has 0 aromatic heterocycles. The lowest BCUT2D eigenvalue weighted by molar-refractivity contribution is -0.138. The minimum atomic E-state index is -0.965. The van der Waals surface area contributed by atoms with Crippen molar-refractivity contribution >= 4 is 41.0 Å². The number of halogens is 2. The zero-order chi connectivity index (χ0) is 25.7. The summed E-state index contributed by atoms with van der Waals surface area (Å²) < 4.78 is 13.7. The van der Waals surface area contributed by atoms with E-state index in [0.717, 1.165) is 22.8 Å². The number of carboxylic acids is 1. The van der Waals surface area contributed by atoms with Crippen molar-refractivity contribution in [1.29, 1.82) is 0 Å². The fourth-order valence-electron chi connectivity index (χ4n) is 4.05. The van der Waals surface area contributed by atoms with Gasteiger partial charge >= 0.3 is 17.8 Å². The Kier molecular flexibility index (Phi) is 8.26. The molecule has 7 N–H and O–H groups in total. The van der Waals surface area contributed by atoms with Crippen molar-refractivity contribution in [2.75, 3.05) is 25.5 Å². The van der Waals surface area contributed by atoms with Gasteiger partial charge in [0.1, 0.15) is 5.82 Å². The van der Waals surface area contributed by atoms with Crippen LogP contribution in [0.25, 0.3) is 0 Å². The van der Waals surface area contributed by atoms with Crippen molar-refractivity contribution in [3.05, 3.63) is 63.9 Å². The number of hydrogen-bond acceptors (Lipinski definition) is 5. The van der Waals surface area contributed by atoms with Crippen LogP contribution in [0.4, 0.5) is 10.1 Å². The molecule has 3 rings (SSSR count). The van der Waals surface area contributed by atoms with Gasteiger partial charge in [-0.15, -0.1) is 0 Å². The van der Waals surface area contributed by atoms with Crippen molar-refractivity contribution < 1.29 is 23.9 Å². The predicted molar refractivity (Wildman–Crippen MR) is 129 cm³/mol. The van der Waals surface area contributed by atoms with Crippen LogP contribution < -0.4 is 22.1 Å². The Bertz CT molecular complexity index is 1170. The second-order valence-corrected chi connectivity index (χ2v) is 8.77. The number of carbonyl (C=O) groups excluding carboxylic acids is 2. The van der Waals surface area contributed by atoms with Gasteiger partial charge < -0.3 is 27.2 Å². The zero-order valence-electron chi connectivity index (χ0n) is 18.9. The van der Waals surface area contributed by atoms with Crippen LogP contribution in [0.2, 0.25) is 5.02 Å². The molecular formula is C23H26ClFN6O4. The number of anilines is 1. The third kappa shape index (κ3) is 6.90. The van der Waals surface area contributed by atoms with Gasteiger partial charge in [-0.25, -0.2) is 4.39 Å². The lowest BCUT2D eigenvalue weighted by Crippen LogP contribution is -2.40. The van der Waals surface area contributed by atoms with Crippen LogP contribution >= 0.6 is 11.6 Å². The molecule has 2 atom stereocenters. The number of fused-ring (bicyclic) bond motifs is 1. The maximum absolute atomic E-state index is 13.7. The number of hydrogen-bond donors (Lipinski definition) is 5. The van der Waals surface area contributed by atoms with E-state index in [-0.39, 0.29) is 35.7 Å². The lowest BCUT2D eigenvalue weighted by Gasteiger charge is -2.21. The minimum absolute atomic E-state index is 0.0889. The van der Waals surface area contributed by atoms with E-state index in [1.54, 1.807) is 11.9 Å². The van der Waals surface area contributed by atoms with Gasteiger partial charge in [-0.3, -0.25) is 24.3 Å². The standard InChI is InChI=1S/C23H26ClFN6O4/c1-31(11-19(32)33)10-12-2-4-16-13(6-12)7-14(9-28-23(26)27)20(16)30-22(35)21(34)29-15-3-5-17(24)18(25)8-15/h2-6,8,14,20H,7,9-11H2,1H3,(H,29,34)(H,30,35)(H,32,33)(H4,26,27,28)/t14?,20-/m1/s1. The number of carboxylic acid groups (broad SMARTS) is 1. The van der Waals surface area contributed by atoms with E-state index in [4.69, 9.17) is 28.2 Å². The van der Waals surface area contributed by atoms with Crippen molar-refractivity contribution in [1.82, 2.24) is 10.2 Å². The van der Waals surface area contributed by atoms with Crippen LogP contribution in [0.15, 0.2) is 41.4 Å². The number of nitrogens with one attached hydrogen (secondary N) is 2. The van der Waals surface area contributed by atoms with Gasteiger partial charge in [-0.1, -0.05) is 29.8 Å². The van der Waals surface area contributed by atoms with E-state index in [1.165, 1.54) is 12.1 Å². The molecule has 10 nitrogen and oxygen atoms in total. The Morgan fingerprint density at radius 3 is 2.60 bits per heavy atom. The van der Waals surface area contributed by atoms with Crippen LogP contribution in [0, 0.1) is 11.7 Å². The minimum Gasteiger partial charge on any atom is -0.480 e. The van der Waals surface area contributed by atoms with E-state index < -0.39 is 29.6 Å². The molecule has 0 saturated heterocycles. The van der Waals surface area contributed by atoms with Gasteiger partial charge in [0.2, 0.25) is 0 Å². The molecule has 0 saturated carbocycles. The quantitative estimate of drug-likeness (QED) is 0.205. The van der Waals surface area contributed by atoms with Crippen molar-refractivity contribution in [2.45, 2.75) is 19.0 Å². The summed E-state index contributed by atoms with van der Waals surface area (Å²) in [6, 6.07) is 8.75. The molecule has 0 spiro atoms. The normalized spacial score (nSPS) is 16.5. The molecule has 0 aliphatic heterocycles. The summed E-state index contributed by atoms with van der Waals surface area (Å²) >= 11 is 5.65. The molecule has 2 amide bonds. The highest BCUT2D eigenvalue weighted by Gasteiger charge is 2.35. The summed E-state index contributed by atoms with van der Waals surface area (Å²) in [5, 5.41) is 13.9. The molecular weight excluding hydrogens is 479 g/mol. The van der Waals surface area contributed by atoms with Crippen molar-refractivity contribution in [3.63, 3.8) is 0 Å². The van der Waals surface area contributed by atoms with Crippen LogP contribution in [-0.2, 0) is 27.3 Å². The number of guanidine groups is 1. The summed E-state index contributed by atoms with van der Waals surface area (Å²) in [7, 11) is 1.71. The topological polar surface area (TPSA) is 163 Å². The summed E-state index contributed by atoms with van der Waals surface area (Å²) in [5.74, 6) is -3.83. The Morgan fingerprint density at radius 2 is 1.94 bits per heavy atom. The lowest BCUT2D eigenvalue weighted by atomic mass is 10.0. The highest BCUT2D eigenvalue weighted by Crippen LogP contribution is 2.37. The number of nitrogens with zero attached hydrogens (tertiary/aromatic N) is 2. The number of carbonyl (C=O) groups is 3. The molecule has 1 aliphatic rings. The van der Waals surface area contributed by atoms with Crippen molar-refractivity contribution in [2.24, 2.45) is 22.4 Å². The van der Waals surface area contributed by atoms with E-state index in [1.807, 2.05) is 18.2 Å². The Labute approximate surface area is 206 Å². The maximum atomic E-state index is 13.7. The maximum Gasteiger partial charge on any atom is 0.317 e. The molecule has 0 heterocycles. The number of likely N-dealkylation sites (N-methyl/N-ethyl adjacent to an activating group) is 1. The van der Waals surface area contributed by atoms with Crippen molar-refractivity contribution in [3.8, 4) is 0 Å². The fraction of sp³-hybridized carbons (Fsp3) is 0.304. The van der Waals surface area contributed by atoms with E-state index in [2.05, 4.69) is 15.6 Å². The molecule has 186 valence electrons. The van der Waals surface area contributed by atoms with Gasteiger partial charge in [0, 0.05) is 24.7 Å². The summed E-state index contributed by atoms with van der Waals surface area (Å²) in [4.78, 5) is 41.8. The first-order chi connectivity index (χ1) is 16.5. The Balaban J connectivity index is 1.76. The summed E-state index contributed by atoms with van der Waals surface area (Å²) in [5.41, 5.74) is 13.7. The highest BCUT2D eigenvalue weighted by atomic mass is 35.5. The molecule has 0 fully saturated rings. The monoisotopic (exact) mass is 504 g/mol. The molecule has 35 heavy (non-hydrogen) atoms. The third-order valence-corrected chi connectivity index (χ3v) is 5.84. The molecule has 12 heteroatoms. The molecule has 2 aromatic carbocycles. The number of benzene rings is 2. The van der Waals surface area contributed by atoms with Gasteiger partial charge in [0.15, 0.2) is 5.96 Å². The summed E-state index contributed by atoms with van der Waals surface area (Å²) in [6.45, 7) is 0.547. The zero-order valence-corrected chi connectivity index (χ0v) is 19.7. The molecule has 1 unspecified atom stereocenters. The molecule has 1 aliphatic carbocycles. The van der Waals surface area contributed by atoms with Gasteiger partial charge in [-0.2, -0.15) is 0 Å². The van der Waals surface area contributed by atoms with E-state index >= 15 is 0 Å². The number of aliphatic carboxylic acids is 1. The molecule has 0 radical (unpaired) electrons. The number of rotatable bonds is 8. The average Bonchev–Trinajstić information content (AvgIpc) is 3.10. The van der Waals surface area contributed by atoms with Gasteiger partial charge in [0.05, 0.1) is 17.6 Å². The van der Waals surface area contributed by atoms with Crippen LogP contribution in [0.5, 0.6) is 0 Å². The van der Waals surface area contributed by atoms with E-state index in [9.17, 15) is 18.8 Å². The summed E-state index contributed by atoms with van der Waals surface area (Å²) in [6.07, 6.45) is 0.539.